The molecule has 8 nitrogen and oxygen atoms in total. The molecule has 2 aromatic heterocycles. The van der Waals surface area contributed by atoms with Crippen molar-refractivity contribution < 1.29 is 14.3 Å². The van der Waals surface area contributed by atoms with Crippen LogP contribution in [0.2, 0.25) is 0 Å². The lowest BCUT2D eigenvalue weighted by atomic mass is 10.2. The second-order valence-corrected chi connectivity index (χ2v) is 6.20. The topological polar surface area (TPSA) is 112 Å². The smallest absolute Gasteiger partial charge is 0.248 e. The second-order valence-electron chi connectivity index (χ2n) is 5.28. The van der Waals surface area contributed by atoms with Gasteiger partial charge in [-0.05, 0) is 40.2 Å². The zero-order valence-corrected chi connectivity index (χ0v) is 15.0. The van der Waals surface area contributed by atoms with Gasteiger partial charge in [0.1, 0.15) is 12.3 Å². The van der Waals surface area contributed by atoms with Gasteiger partial charge in [0.25, 0.3) is 0 Å². The van der Waals surface area contributed by atoms with E-state index in [1.165, 1.54) is 16.9 Å². The first-order chi connectivity index (χ1) is 12.5. The van der Waals surface area contributed by atoms with E-state index in [0.29, 0.717) is 22.9 Å². The highest BCUT2D eigenvalue weighted by Crippen LogP contribution is 2.21. The molecule has 9 heteroatoms. The van der Waals surface area contributed by atoms with E-state index in [4.69, 9.17) is 10.5 Å². The maximum atomic E-state index is 12.0. The van der Waals surface area contributed by atoms with Crippen molar-refractivity contribution in [2.45, 2.75) is 6.54 Å². The van der Waals surface area contributed by atoms with E-state index in [1.807, 2.05) is 0 Å². The number of primary amides is 1. The van der Waals surface area contributed by atoms with Crippen molar-refractivity contribution in [3.8, 4) is 11.6 Å². The Balaban J connectivity index is 1.60. The summed E-state index contributed by atoms with van der Waals surface area (Å²) in [6.45, 7) is 0.0871. The number of amides is 2. The lowest BCUT2D eigenvalue weighted by Gasteiger charge is -2.08. The summed E-state index contributed by atoms with van der Waals surface area (Å²) in [6.07, 6.45) is 4.79. The Morgan fingerprint density at radius 3 is 2.73 bits per heavy atom. The molecule has 1 aromatic carbocycles. The molecule has 0 spiro atoms. The zero-order valence-electron chi connectivity index (χ0n) is 13.4. The standard InChI is InChI=1S/C17H14BrN5O3/c18-12-7-21-23(9-12)10-15(24)22-13-4-5-16(20-8-13)26-14-3-1-2-11(6-14)17(19)25/h1-9H,10H2,(H2,19,25)(H,22,24). The molecule has 3 rings (SSSR count). The fraction of sp³-hybridized carbons (Fsp3) is 0.0588. The summed E-state index contributed by atoms with van der Waals surface area (Å²) < 4.78 is 7.89. The molecule has 0 saturated heterocycles. The van der Waals surface area contributed by atoms with Crippen LogP contribution in [-0.4, -0.2) is 26.6 Å². The molecule has 0 aliphatic heterocycles. The van der Waals surface area contributed by atoms with Gasteiger partial charge in [-0.1, -0.05) is 6.07 Å². The van der Waals surface area contributed by atoms with Crippen LogP contribution >= 0.6 is 15.9 Å². The number of nitrogens with one attached hydrogen (secondary N) is 1. The van der Waals surface area contributed by atoms with Gasteiger partial charge < -0.3 is 15.8 Å². The SMILES string of the molecule is NC(=O)c1cccc(Oc2ccc(NC(=O)Cn3cc(Br)cn3)cn2)c1. The maximum absolute atomic E-state index is 12.0. The van der Waals surface area contributed by atoms with Crippen LogP contribution in [0.15, 0.2) is 59.5 Å². The number of aromatic nitrogens is 3. The quantitative estimate of drug-likeness (QED) is 0.642. The number of benzene rings is 1. The Morgan fingerprint density at radius 2 is 2.08 bits per heavy atom. The Morgan fingerprint density at radius 1 is 1.23 bits per heavy atom. The van der Waals surface area contributed by atoms with Crippen molar-refractivity contribution in [3.63, 3.8) is 0 Å². The first kappa shape index (κ1) is 17.6. The number of anilines is 1. The average Bonchev–Trinajstić information content (AvgIpc) is 3.01. The minimum atomic E-state index is -0.536. The third-order valence-electron chi connectivity index (χ3n) is 3.27. The predicted octanol–water partition coefficient (Wildman–Crippen LogP) is 2.57. The van der Waals surface area contributed by atoms with E-state index < -0.39 is 5.91 Å². The normalized spacial score (nSPS) is 10.3. The van der Waals surface area contributed by atoms with Crippen LogP contribution in [0, 0.1) is 0 Å². The first-order valence-electron chi connectivity index (χ1n) is 7.51. The van der Waals surface area contributed by atoms with Crippen molar-refractivity contribution in [2.75, 3.05) is 5.32 Å². The van der Waals surface area contributed by atoms with Gasteiger partial charge in [0, 0.05) is 17.8 Å². The number of nitrogens with two attached hydrogens (primary N) is 1. The molecular weight excluding hydrogens is 402 g/mol. The molecule has 2 heterocycles. The number of carbonyl (C=O) groups excluding carboxylic acids is 2. The molecular formula is C17H14BrN5O3. The number of ether oxygens (including phenoxy) is 1. The number of carbonyl (C=O) groups is 2. The lowest BCUT2D eigenvalue weighted by Crippen LogP contribution is -2.19. The fourth-order valence-electron chi connectivity index (χ4n) is 2.12. The van der Waals surface area contributed by atoms with E-state index in [2.05, 4.69) is 31.3 Å². The molecule has 0 fully saturated rings. The van der Waals surface area contributed by atoms with E-state index in [9.17, 15) is 9.59 Å². The lowest BCUT2D eigenvalue weighted by molar-refractivity contribution is -0.116. The number of pyridine rings is 1. The summed E-state index contributed by atoms with van der Waals surface area (Å²) in [7, 11) is 0. The van der Waals surface area contributed by atoms with Crippen LogP contribution in [0.3, 0.4) is 0 Å². The second kappa shape index (κ2) is 7.79. The van der Waals surface area contributed by atoms with Crippen molar-refractivity contribution >= 4 is 33.4 Å². The molecule has 2 amide bonds. The highest BCUT2D eigenvalue weighted by molar-refractivity contribution is 9.10. The third-order valence-corrected chi connectivity index (χ3v) is 3.68. The summed E-state index contributed by atoms with van der Waals surface area (Å²) in [5.41, 5.74) is 6.11. The number of halogens is 1. The van der Waals surface area contributed by atoms with Crippen LogP contribution in [0.1, 0.15) is 10.4 Å². The van der Waals surface area contributed by atoms with Gasteiger partial charge in [0.2, 0.25) is 17.7 Å². The highest BCUT2D eigenvalue weighted by atomic mass is 79.9. The van der Waals surface area contributed by atoms with Gasteiger partial charge >= 0.3 is 0 Å². The van der Waals surface area contributed by atoms with Crippen molar-refractivity contribution in [1.82, 2.24) is 14.8 Å². The Bertz CT molecular complexity index is 940. The average molecular weight is 416 g/mol. The van der Waals surface area contributed by atoms with Gasteiger partial charge in [-0.15, -0.1) is 0 Å². The van der Waals surface area contributed by atoms with Gasteiger partial charge in [-0.3, -0.25) is 14.3 Å². The Labute approximate surface area is 157 Å². The van der Waals surface area contributed by atoms with Crippen LogP contribution in [0.5, 0.6) is 11.6 Å². The first-order valence-corrected chi connectivity index (χ1v) is 8.30. The van der Waals surface area contributed by atoms with E-state index in [-0.39, 0.29) is 12.5 Å². The van der Waals surface area contributed by atoms with Crippen molar-refractivity contribution in [1.29, 1.82) is 0 Å². The highest BCUT2D eigenvalue weighted by Gasteiger charge is 2.07. The molecule has 0 aliphatic rings. The van der Waals surface area contributed by atoms with Crippen LogP contribution in [0.4, 0.5) is 5.69 Å². The largest absolute Gasteiger partial charge is 0.439 e. The summed E-state index contributed by atoms with van der Waals surface area (Å²) in [4.78, 5) is 27.3. The molecule has 132 valence electrons. The van der Waals surface area contributed by atoms with Crippen LogP contribution in [-0.2, 0) is 11.3 Å². The van der Waals surface area contributed by atoms with Gasteiger partial charge in [-0.2, -0.15) is 5.10 Å². The third kappa shape index (κ3) is 4.67. The fourth-order valence-corrected chi connectivity index (χ4v) is 2.45. The van der Waals surface area contributed by atoms with E-state index in [0.717, 1.165) is 4.47 Å². The molecule has 3 N–H and O–H groups in total. The van der Waals surface area contributed by atoms with Gasteiger partial charge in [-0.25, -0.2) is 4.98 Å². The zero-order chi connectivity index (χ0) is 18.5. The maximum Gasteiger partial charge on any atom is 0.248 e. The molecule has 0 saturated carbocycles. The predicted molar refractivity (Wildman–Crippen MR) is 97.8 cm³/mol. The molecule has 0 aliphatic carbocycles. The minimum absolute atomic E-state index is 0.0871. The number of nitrogens with zero attached hydrogens (tertiary/aromatic N) is 3. The van der Waals surface area contributed by atoms with Crippen LogP contribution < -0.4 is 15.8 Å². The monoisotopic (exact) mass is 415 g/mol. The molecule has 0 unspecified atom stereocenters. The van der Waals surface area contributed by atoms with Crippen LogP contribution in [0.25, 0.3) is 0 Å². The number of hydrogen-bond donors (Lipinski definition) is 2. The van der Waals surface area contributed by atoms with Crippen molar-refractivity contribution in [3.05, 3.63) is 65.0 Å². The number of hydrogen-bond acceptors (Lipinski definition) is 5. The molecule has 0 radical (unpaired) electrons. The van der Waals surface area contributed by atoms with Gasteiger partial charge in [0.15, 0.2) is 0 Å². The molecule has 0 bridgehead atoms. The van der Waals surface area contributed by atoms with Gasteiger partial charge in [0.05, 0.1) is 22.6 Å². The summed E-state index contributed by atoms with van der Waals surface area (Å²) in [5.74, 6) is -0.00798. The van der Waals surface area contributed by atoms with E-state index in [1.54, 1.807) is 42.7 Å². The molecule has 0 atom stereocenters. The molecule has 3 aromatic rings. The Kier molecular flexibility index (Phi) is 5.28. The Hall–Kier alpha value is -3.20. The summed E-state index contributed by atoms with van der Waals surface area (Å²) in [5, 5.41) is 6.74. The van der Waals surface area contributed by atoms with E-state index >= 15 is 0 Å². The van der Waals surface area contributed by atoms with Crippen molar-refractivity contribution in [2.24, 2.45) is 5.73 Å². The summed E-state index contributed by atoms with van der Waals surface area (Å²) >= 11 is 3.27. The molecule has 26 heavy (non-hydrogen) atoms. The minimum Gasteiger partial charge on any atom is -0.439 e. The number of rotatable bonds is 6. The summed E-state index contributed by atoms with van der Waals surface area (Å²) in [6, 6.07) is 9.75.